The lowest BCUT2D eigenvalue weighted by Crippen LogP contribution is -2.50. The molecule has 2 atom stereocenters. The van der Waals surface area contributed by atoms with Crippen molar-refractivity contribution in [2.75, 3.05) is 25.0 Å². The third-order valence-electron chi connectivity index (χ3n) is 4.64. The molecule has 1 saturated heterocycles. The maximum Gasteiger partial charge on any atom is 0.238 e. The van der Waals surface area contributed by atoms with Crippen LogP contribution in [0, 0.1) is 13.8 Å². The molecule has 134 valence electrons. The van der Waals surface area contributed by atoms with Gasteiger partial charge in [-0.3, -0.25) is 9.69 Å². The van der Waals surface area contributed by atoms with Crippen molar-refractivity contribution in [1.82, 2.24) is 14.7 Å². The zero-order valence-corrected chi connectivity index (χ0v) is 15.3. The highest BCUT2D eigenvalue weighted by atomic mass is 16.5. The average Bonchev–Trinajstić information content (AvgIpc) is 2.87. The summed E-state index contributed by atoms with van der Waals surface area (Å²) in [5.74, 6) is -0.0141. The topological polar surface area (TPSA) is 59.4 Å². The fraction of sp³-hybridized carbons (Fsp3) is 0.474. The Bertz CT molecular complexity index is 741. The number of hydrogen-bond acceptors (Lipinski definition) is 4. The van der Waals surface area contributed by atoms with E-state index in [-0.39, 0.29) is 18.1 Å². The summed E-state index contributed by atoms with van der Waals surface area (Å²) in [6.45, 7) is 9.82. The average molecular weight is 342 g/mol. The molecule has 1 aliphatic heterocycles. The van der Waals surface area contributed by atoms with Crippen molar-refractivity contribution in [2.24, 2.45) is 0 Å². The lowest BCUT2D eigenvalue weighted by molar-refractivity contribution is -0.121. The number of nitrogens with one attached hydrogen (secondary N) is 1. The molecule has 1 aliphatic rings. The number of anilines is 1. The van der Waals surface area contributed by atoms with Crippen LogP contribution in [0.25, 0.3) is 5.69 Å². The predicted octanol–water partition coefficient (Wildman–Crippen LogP) is 2.54. The van der Waals surface area contributed by atoms with Crippen molar-refractivity contribution < 1.29 is 9.53 Å². The summed E-state index contributed by atoms with van der Waals surface area (Å²) in [4.78, 5) is 14.7. The number of benzene rings is 1. The summed E-state index contributed by atoms with van der Waals surface area (Å²) in [7, 11) is 0. The summed E-state index contributed by atoms with van der Waals surface area (Å²) >= 11 is 0. The Kier molecular flexibility index (Phi) is 5.20. The van der Waals surface area contributed by atoms with Gasteiger partial charge in [0.2, 0.25) is 5.91 Å². The van der Waals surface area contributed by atoms with Crippen LogP contribution in [-0.2, 0) is 9.53 Å². The number of amides is 1. The molecule has 1 N–H and O–H groups in total. The normalized spacial score (nSPS) is 21.3. The highest BCUT2D eigenvalue weighted by molar-refractivity contribution is 5.93. The minimum Gasteiger partial charge on any atom is -0.376 e. The molecule has 0 aliphatic carbocycles. The van der Waals surface area contributed by atoms with Gasteiger partial charge in [0.15, 0.2) is 0 Å². The maximum absolute atomic E-state index is 12.6. The van der Waals surface area contributed by atoms with Gasteiger partial charge < -0.3 is 10.1 Å². The van der Waals surface area contributed by atoms with Gasteiger partial charge in [-0.15, -0.1) is 0 Å². The molecule has 1 aromatic carbocycles. The first-order valence-corrected chi connectivity index (χ1v) is 8.73. The first-order valence-electron chi connectivity index (χ1n) is 8.73. The second-order valence-electron chi connectivity index (χ2n) is 6.76. The Morgan fingerprint density at radius 1 is 1.28 bits per heavy atom. The van der Waals surface area contributed by atoms with Gasteiger partial charge >= 0.3 is 0 Å². The van der Waals surface area contributed by atoms with Crippen molar-refractivity contribution in [3.8, 4) is 5.69 Å². The first kappa shape index (κ1) is 17.6. The number of nitrogens with zero attached hydrogens (tertiary/aromatic N) is 3. The molecule has 6 heteroatoms. The van der Waals surface area contributed by atoms with Crippen LogP contribution >= 0.6 is 0 Å². The number of rotatable bonds is 4. The molecule has 0 unspecified atom stereocenters. The van der Waals surface area contributed by atoms with E-state index in [1.54, 1.807) is 0 Å². The van der Waals surface area contributed by atoms with Crippen molar-refractivity contribution in [3.05, 3.63) is 41.7 Å². The monoisotopic (exact) mass is 342 g/mol. The molecule has 3 rings (SSSR count). The van der Waals surface area contributed by atoms with Crippen LogP contribution in [0.5, 0.6) is 0 Å². The van der Waals surface area contributed by atoms with E-state index in [1.165, 1.54) is 0 Å². The highest BCUT2D eigenvalue weighted by Crippen LogP contribution is 2.23. The van der Waals surface area contributed by atoms with Gasteiger partial charge in [0.25, 0.3) is 0 Å². The number of carbonyl (C=O) groups excluding carboxylic acids is 1. The van der Waals surface area contributed by atoms with E-state index in [0.717, 1.165) is 29.3 Å². The SMILES string of the molecule is Cc1nn(-c2ccccc2)c(C)c1NC(=O)CN1C[C@H](C)OC[C@H]1C. The number of hydrogen-bond donors (Lipinski definition) is 1. The summed E-state index contributed by atoms with van der Waals surface area (Å²) in [6.07, 6.45) is 0.160. The third kappa shape index (κ3) is 3.91. The van der Waals surface area contributed by atoms with E-state index in [2.05, 4.69) is 22.2 Å². The van der Waals surface area contributed by atoms with Gasteiger partial charge in [0.1, 0.15) is 0 Å². The van der Waals surface area contributed by atoms with Gasteiger partial charge in [-0.2, -0.15) is 5.10 Å². The molecule has 1 fully saturated rings. The van der Waals surface area contributed by atoms with Gasteiger partial charge in [0, 0.05) is 12.6 Å². The van der Waals surface area contributed by atoms with Crippen molar-refractivity contribution in [3.63, 3.8) is 0 Å². The Labute approximate surface area is 148 Å². The molecule has 0 spiro atoms. The van der Waals surface area contributed by atoms with Crippen LogP contribution in [0.4, 0.5) is 5.69 Å². The van der Waals surface area contributed by atoms with Gasteiger partial charge in [-0.25, -0.2) is 4.68 Å². The number of aromatic nitrogens is 2. The summed E-state index contributed by atoms with van der Waals surface area (Å²) < 4.78 is 7.49. The van der Waals surface area contributed by atoms with Crippen LogP contribution in [-0.4, -0.2) is 52.4 Å². The summed E-state index contributed by atoms with van der Waals surface area (Å²) in [6, 6.07) is 10.2. The molecule has 1 amide bonds. The van der Waals surface area contributed by atoms with E-state index in [1.807, 2.05) is 55.8 Å². The quantitative estimate of drug-likeness (QED) is 0.928. The molecule has 2 aromatic rings. The van der Waals surface area contributed by atoms with Crippen LogP contribution in [0.2, 0.25) is 0 Å². The van der Waals surface area contributed by atoms with E-state index < -0.39 is 0 Å². The van der Waals surface area contributed by atoms with Crippen molar-refractivity contribution in [1.29, 1.82) is 0 Å². The van der Waals surface area contributed by atoms with Gasteiger partial charge in [-0.05, 0) is 39.8 Å². The molecule has 0 saturated carbocycles. The maximum atomic E-state index is 12.6. The standard InChI is InChI=1S/C19H26N4O2/c1-13-12-25-14(2)10-22(13)11-18(24)20-19-15(3)21-23(16(19)4)17-8-6-5-7-9-17/h5-9,13-14H,10-12H2,1-4H3,(H,20,24)/t13-,14+/m1/s1. The predicted molar refractivity (Wildman–Crippen MR) is 98.1 cm³/mol. The van der Waals surface area contributed by atoms with E-state index in [4.69, 9.17) is 4.74 Å². The van der Waals surface area contributed by atoms with Crippen molar-refractivity contribution in [2.45, 2.75) is 39.8 Å². The van der Waals surface area contributed by atoms with Crippen molar-refractivity contribution >= 4 is 11.6 Å². The molecule has 1 aromatic heterocycles. The Morgan fingerprint density at radius 3 is 2.72 bits per heavy atom. The number of aryl methyl sites for hydroxylation is 1. The van der Waals surface area contributed by atoms with E-state index >= 15 is 0 Å². The Morgan fingerprint density at radius 2 is 2.00 bits per heavy atom. The second-order valence-corrected chi connectivity index (χ2v) is 6.76. The number of para-hydroxylation sites is 1. The highest BCUT2D eigenvalue weighted by Gasteiger charge is 2.25. The minimum absolute atomic E-state index is 0.0141. The van der Waals surface area contributed by atoms with Gasteiger partial charge in [0.05, 0.1) is 42.0 Å². The van der Waals surface area contributed by atoms with Crippen LogP contribution in [0.15, 0.2) is 30.3 Å². The lowest BCUT2D eigenvalue weighted by Gasteiger charge is -2.36. The van der Waals surface area contributed by atoms with E-state index in [0.29, 0.717) is 13.2 Å². The fourth-order valence-electron chi connectivity index (χ4n) is 3.20. The molecule has 6 nitrogen and oxygen atoms in total. The molecular weight excluding hydrogens is 316 g/mol. The Hall–Kier alpha value is -2.18. The third-order valence-corrected chi connectivity index (χ3v) is 4.64. The molecular formula is C19H26N4O2. The molecule has 2 heterocycles. The zero-order chi connectivity index (χ0) is 18.0. The first-order chi connectivity index (χ1) is 12.0. The van der Waals surface area contributed by atoms with E-state index in [9.17, 15) is 4.79 Å². The summed E-state index contributed by atoms with van der Waals surface area (Å²) in [5.41, 5.74) is 3.53. The Balaban J connectivity index is 1.72. The van der Waals surface area contributed by atoms with Crippen LogP contribution < -0.4 is 5.32 Å². The second kappa shape index (κ2) is 7.37. The number of ether oxygens (including phenoxy) is 1. The van der Waals surface area contributed by atoms with Gasteiger partial charge in [-0.1, -0.05) is 18.2 Å². The molecule has 0 bridgehead atoms. The lowest BCUT2D eigenvalue weighted by atomic mass is 10.2. The van der Waals surface area contributed by atoms with Crippen LogP contribution in [0.3, 0.4) is 0 Å². The zero-order valence-electron chi connectivity index (χ0n) is 15.3. The largest absolute Gasteiger partial charge is 0.376 e. The minimum atomic E-state index is -0.0141. The molecule has 0 radical (unpaired) electrons. The fourth-order valence-corrected chi connectivity index (χ4v) is 3.20. The smallest absolute Gasteiger partial charge is 0.238 e. The summed E-state index contributed by atoms with van der Waals surface area (Å²) in [5, 5.41) is 7.62. The number of morpholine rings is 1. The molecule has 25 heavy (non-hydrogen) atoms. The number of carbonyl (C=O) groups is 1. The van der Waals surface area contributed by atoms with Crippen LogP contribution in [0.1, 0.15) is 25.2 Å².